The molecule has 0 aliphatic carbocycles. The number of aldehydes is 3. The number of hydrogen-bond donors (Lipinski definition) is 2. The third kappa shape index (κ3) is 11.4. The summed E-state index contributed by atoms with van der Waals surface area (Å²) >= 11 is 0. The second kappa shape index (κ2) is 14.7. The van der Waals surface area contributed by atoms with Crippen LogP contribution in [0.15, 0.2) is 0 Å². The maximum absolute atomic E-state index is 12.0. The van der Waals surface area contributed by atoms with E-state index >= 15 is 0 Å². The van der Waals surface area contributed by atoms with Crippen molar-refractivity contribution >= 4 is 30.7 Å². The van der Waals surface area contributed by atoms with Crippen LogP contribution in [0.3, 0.4) is 0 Å². The number of carboxylic acid groups (broad SMARTS) is 1. The molecule has 0 atom stereocenters. The zero-order valence-corrected chi connectivity index (χ0v) is 16.7. The second-order valence-corrected chi connectivity index (χ2v) is 6.85. The molecule has 0 bridgehead atoms. The van der Waals surface area contributed by atoms with Gasteiger partial charge in [-0.2, -0.15) is 0 Å². The first-order valence-corrected chi connectivity index (χ1v) is 9.67. The van der Waals surface area contributed by atoms with Gasteiger partial charge < -0.3 is 24.8 Å². The highest BCUT2D eigenvalue weighted by Gasteiger charge is 2.19. The van der Waals surface area contributed by atoms with Crippen molar-refractivity contribution in [2.24, 2.45) is 0 Å². The minimum Gasteiger partial charge on any atom is -0.480 e. The fraction of sp³-hybridized carbons (Fsp3) is 0.722. The van der Waals surface area contributed by atoms with Crippen molar-refractivity contribution in [3.63, 3.8) is 0 Å². The van der Waals surface area contributed by atoms with Crippen LogP contribution in [-0.4, -0.2) is 141 Å². The molecule has 1 heterocycles. The van der Waals surface area contributed by atoms with Gasteiger partial charge in [0, 0.05) is 52.4 Å². The Labute approximate surface area is 170 Å². The lowest BCUT2D eigenvalue weighted by atomic mass is 10.3. The van der Waals surface area contributed by atoms with Gasteiger partial charge in [-0.3, -0.25) is 29.2 Å². The van der Waals surface area contributed by atoms with Crippen molar-refractivity contribution in [1.82, 2.24) is 24.9 Å². The van der Waals surface area contributed by atoms with Crippen LogP contribution in [0.5, 0.6) is 0 Å². The molecule has 2 N–H and O–H groups in total. The van der Waals surface area contributed by atoms with Crippen molar-refractivity contribution in [3.8, 4) is 0 Å². The SMILES string of the molecule is O=CCNC(=O)CN1CCN(CC=O)CCN(CC=O)CCN(CC(=O)O)CC1. The van der Waals surface area contributed by atoms with Gasteiger partial charge in [0.2, 0.25) is 5.91 Å². The average molecular weight is 413 g/mol. The number of amides is 1. The van der Waals surface area contributed by atoms with Gasteiger partial charge in [-0.25, -0.2) is 0 Å². The molecule has 0 radical (unpaired) electrons. The van der Waals surface area contributed by atoms with E-state index in [4.69, 9.17) is 5.11 Å². The first-order chi connectivity index (χ1) is 14.0. The Kier molecular flexibility index (Phi) is 12.6. The summed E-state index contributed by atoms with van der Waals surface area (Å²) in [6.07, 6.45) is 2.25. The van der Waals surface area contributed by atoms with E-state index in [9.17, 15) is 24.0 Å². The predicted octanol–water partition coefficient (Wildman–Crippen LogP) is -2.99. The van der Waals surface area contributed by atoms with Crippen molar-refractivity contribution in [3.05, 3.63) is 0 Å². The van der Waals surface area contributed by atoms with Gasteiger partial charge in [-0.15, -0.1) is 0 Å². The van der Waals surface area contributed by atoms with Crippen molar-refractivity contribution in [1.29, 1.82) is 0 Å². The fourth-order valence-corrected chi connectivity index (χ4v) is 3.08. The molecule has 1 fully saturated rings. The van der Waals surface area contributed by atoms with Crippen LogP contribution in [0.2, 0.25) is 0 Å². The zero-order valence-electron chi connectivity index (χ0n) is 16.7. The Hall–Kier alpha value is -2.21. The maximum Gasteiger partial charge on any atom is 0.317 e. The highest BCUT2D eigenvalue weighted by molar-refractivity contribution is 5.80. The van der Waals surface area contributed by atoms with E-state index in [0.29, 0.717) is 58.6 Å². The van der Waals surface area contributed by atoms with Gasteiger partial charge in [0.05, 0.1) is 32.7 Å². The number of carboxylic acids is 1. The molecule has 1 aliphatic heterocycles. The molecule has 0 saturated carbocycles. The average Bonchev–Trinajstić information content (AvgIpc) is 2.68. The van der Waals surface area contributed by atoms with Crippen molar-refractivity contribution < 1.29 is 29.1 Å². The molecule has 1 saturated heterocycles. The van der Waals surface area contributed by atoms with E-state index in [1.165, 1.54) is 0 Å². The van der Waals surface area contributed by atoms with Crippen LogP contribution in [0.1, 0.15) is 0 Å². The van der Waals surface area contributed by atoms with E-state index in [-0.39, 0.29) is 38.6 Å². The van der Waals surface area contributed by atoms with Crippen LogP contribution in [0.25, 0.3) is 0 Å². The Morgan fingerprint density at radius 3 is 1.48 bits per heavy atom. The summed E-state index contributed by atoms with van der Waals surface area (Å²) in [4.78, 5) is 63.1. The summed E-state index contributed by atoms with van der Waals surface area (Å²) < 4.78 is 0. The van der Waals surface area contributed by atoms with Crippen LogP contribution in [0, 0.1) is 0 Å². The van der Waals surface area contributed by atoms with Crippen LogP contribution < -0.4 is 5.32 Å². The molecular formula is C18H31N5O6. The second-order valence-electron chi connectivity index (χ2n) is 6.85. The molecule has 0 aromatic heterocycles. The number of hydrogen-bond acceptors (Lipinski definition) is 9. The maximum atomic E-state index is 12.0. The first-order valence-electron chi connectivity index (χ1n) is 9.67. The van der Waals surface area contributed by atoms with Gasteiger partial charge in [-0.1, -0.05) is 0 Å². The highest BCUT2D eigenvalue weighted by Crippen LogP contribution is 2.00. The van der Waals surface area contributed by atoms with E-state index < -0.39 is 5.97 Å². The highest BCUT2D eigenvalue weighted by atomic mass is 16.4. The molecule has 0 unspecified atom stereocenters. The normalized spacial score (nSPS) is 18.9. The molecule has 1 rings (SSSR count). The van der Waals surface area contributed by atoms with Crippen LogP contribution in [0.4, 0.5) is 0 Å². The van der Waals surface area contributed by atoms with E-state index in [2.05, 4.69) is 5.32 Å². The molecule has 1 aliphatic rings. The summed E-state index contributed by atoms with van der Waals surface area (Å²) in [5.74, 6) is -1.22. The number of carbonyl (C=O) groups excluding carboxylic acids is 4. The van der Waals surface area contributed by atoms with Gasteiger partial charge in [0.15, 0.2) is 0 Å². The number of nitrogens with zero attached hydrogens (tertiary/aromatic N) is 4. The lowest BCUT2D eigenvalue weighted by Gasteiger charge is -2.32. The first kappa shape index (κ1) is 24.8. The minimum absolute atomic E-state index is 0.0539. The smallest absolute Gasteiger partial charge is 0.317 e. The van der Waals surface area contributed by atoms with Crippen molar-refractivity contribution in [2.45, 2.75) is 0 Å². The van der Waals surface area contributed by atoms with Gasteiger partial charge in [0.1, 0.15) is 18.9 Å². The Morgan fingerprint density at radius 1 is 0.690 bits per heavy atom. The molecular weight excluding hydrogens is 382 g/mol. The van der Waals surface area contributed by atoms with Gasteiger partial charge in [0.25, 0.3) is 0 Å². The molecule has 1 amide bonds. The zero-order chi connectivity index (χ0) is 21.5. The van der Waals surface area contributed by atoms with E-state index in [1.54, 1.807) is 4.90 Å². The minimum atomic E-state index is -0.938. The monoisotopic (exact) mass is 413 g/mol. The number of aliphatic carboxylic acids is 1. The van der Waals surface area contributed by atoms with E-state index in [0.717, 1.165) is 12.6 Å². The summed E-state index contributed by atoms with van der Waals surface area (Å²) in [7, 11) is 0. The molecule has 164 valence electrons. The molecule has 11 heteroatoms. The summed E-state index contributed by atoms with van der Waals surface area (Å²) in [5, 5.41) is 11.7. The molecule has 0 aromatic carbocycles. The third-order valence-electron chi connectivity index (χ3n) is 4.70. The summed E-state index contributed by atoms with van der Waals surface area (Å²) in [5.41, 5.74) is 0. The lowest BCUT2D eigenvalue weighted by Crippen LogP contribution is -2.49. The molecule has 11 nitrogen and oxygen atoms in total. The number of carbonyl (C=O) groups is 5. The third-order valence-corrected chi connectivity index (χ3v) is 4.70. The Bertz CT molecular complexity index is 547. The van der Waals surface area contributed by atoms with E-state index in [1.807, 2.05) is 14.7 Å². The van der Waals surface area contributed by atoms with Gasteiger partial charge >= 0.3 is 5.97 Å². The Balaban J connectivity index is 2.84. The van der Waals surface area contributed by atoms with Gasteiger partial charge in [-0.05, 0) is 0 Å². The summed E-state index contributed by atoms with van der Waals surface area (Å²) in [6, 6.07) is 0. The molecule has 29 heavy (non-hydrogen) atoms. The van der Waals surface area contributed by atoms with Crippen LogP contribution in [-0.2, 0) is 24.0 Å². The number of rotatable bonds is 10. The number of nitrogens with one attached hydrogen (secondary N) is 1. The molecule has 0 aromatic rings. The fourth-order valence-electron chi connectivity index (χ4n) is 3.08. The summed E-state index contributed by atoms with van der Waals surface area (Å²) in [6.45, 7) is 4.53. The predicted molar refractivity (Wildman–Crippen MR) is 105 cm³/mol. The quantitative estimate of drug-likeness (QED) is 0.357. The largest absolute Gasteiger partial charge is 0.480 e. The Morgan fingerprint density at radius 2 is 1.10 bits per heavy atom. The standard InChI is InChI=1S/C18H31N5O6/c24-12-1-19-17(27)15-22-6-4-20(10-13-25)2-3-21(11-14-26)5-7-23(9-8-22)16-18(28)29/h12-14H,1-11,15-16H2,(H,19,27)(H,28,29). The van der Waals surface area contributed by atoms with Crippen LogP contribution >= 0.6 is 0 Å². The lowest BCUT2D eigenvalue weighted by molar-refractivity contribution is -0.138. The topological polar surface area (TPSA) is 131 Å². The molecule has 0 spiro atoms. The van der Waals surface area contributed by atoms with Crippen molar-refractivity contribution in [2.75, 3.05) is 85.1 Å².